The molecule has 5 nitrogen and oxygen atoms in total. The van der Waals surface area contributed by atoms with Crippen molar-refractivity contribution in [3.63, 3.8) is 0 Å². The molecular weight excluding hydrogens is 454 g/mol. The van der Waals surface area contributed by atoms with Crippen molar-refractivity contribution in [1.29, 1.82) is 0 Å². The second kappa shape index (κ2) is 11.1. The number of hydrogen-bond donors (Lipinski definition) is 0. The van der Waals surface area contributed by atoms with Gasteiger partial charge in [-0.05, 0) is 54.4 Å². The third-order valence-electron chi connectivity index (χ3n) is 4.96. The van der Waals surface area contributed by atoms with Crippen LogP contribution in [-0.4, -0.2) is 27.6 Å². The Morgan fingerprint density at radius 1 is 0.970 bits per heavy atom. The number of methoxy groups -OCH3 is 1. The van der Waals surface area contributed by atoms with Crippen molar-refractivity contribution in [1.82, 2.24) is 14.8 Å². The minimum absolute atomic E-state index is 0.269. The van der Waals surface area contributed by atoms with E-state index in [-0.39, 0.29) is 6.61 Å². The second-order valence-corrected chi connectivity index (χ2v) is 8.65. The van der Waals surface area contributed by atoms with Crippen molar-refractivity contribution < 1.29 is 9.47 Å². The van der Waals surface area contributed by atoms with Gasteiger partial charge >= 0.3 is 0 Å². The molecule has 168 valence electrons. The zero-order valence-electron chi connectivity index (χ0n) is 18.4. The van der Waals surface area contributed by atoms with Gasteiger partial charge in [-0.15, -0.1) is 10.2 Å². The molecule has 0 atom stereocenters. The van der Waals surface area contributed by atoms with Crippen molar-refractivity contribution in [3.8, 4) is 17.2 Å². The van der Waals surface area contributed by atoms with Gasteiger partial charge in [0.1, 0.15) is 18.1 Å². The molecule has 0 saturated heterocycles. The van der Waals surface area contributed by atoms with Gasteiger partial charge in [0, 0.05) is 10.8 Å². The first-order valence-electron chi connectivity index (χ1n) is 10.5. The van der Waals surface area contributed by atoms with Gasteiger partial charge in [-0.25, -0.2) is 0 Å². The molecule has 0 amide bonds. The Morgan fingerprint density at radius 3 is 2.45 bits per heavy atom. The summed E-state index contributed by atoms with van der Waals surface area (Å²) in [5.41, 5.74) is 3.08. The standard InChI is InChI=1S/C26H24ClN3O2S/c1-19-10-11-21(17-24(19)27)30-25(18-32-23-14-12-22(31-2)13-15-23)28-29-26(30)33-16-6-9-20-7-4-3-5-8-20/h3-15,17H,16,18H2,1-2H3/b9-6+. The summed E-state index contributed by atoms with van der Waals surface area (Å²) in [5, 5.41) is 10.3. The average Bonchev–Trinajstić information content (AvgIpc) is 3.26. The predicted octanol–water partition coefficient (Wildman–Crippen LogP) is 6.62. The number of hydrogen-bond acceptors (Lipinski definition) is 5. The summed E-state index contributed by atoms with van der Waals surface area (Å²) in [5.74, 6) is 2.96. The van der Waals surface area contributed by atoms with Gasteiger partial charge in [-0.3, -0.25) is 4.57 Å². The molecule has 0 fully saturated rings. The molecule has 0 unspecified atom stereocenters. The molecule has 0 spiro atoms. The van der Waals surface area contributed by atoms with Crippen LogP contribution in [0, 0.1) is 6.92 Å². The summed E-state index contributed by atoms with van der Waals surface area (Å²) in [6, 6.07) is 23.6. The number of thioether (sulfide) groups is 1. The molecule has 1 heterocycles. The predicted molar refractivity (Wildman–Crippen MR) is 135 cm³/mol. The zero-order chi connectivity index (χ0) is 23.0. The Bertz CT molecular complexity index is 1220. The van der Waals surface area contributed by atoms with Crippen molar-refractivity contribution in [2.24, 2.45) is 0 Å². The van der Waals surface area contributed by atoms with Crippen LogP contribution in [0.25, 0.3) is 11.8 Å². The summed E-state index contributed by atoms with van der Waals surface area (Å²) in [6.07, 6.45) is 4.22. The molecule has 4 aromatic rings. The SMILES string of the molecule is COc1ccc(OCc2nnc(SC/C=C/c3ccccc3)n2-c2ccc(C)c(Cl)c2)cc1. The van der Waals surface area contributed by atoms with Crippen LogP contribution < -0.4 is 9.47 Å². The number of aromatic nitrogens is 3. The number of rotatable bonds is 9. The molecule has 7 heteroatoms. The minimum atomic E-state index is 0.269. The molecule has 0 N–H and O–H groups in total. The molecule has 0 aliphatic carbocycles. The quantitative estimate of drug-likeness (QED) is 0.253. The lowest BCUT2D eigenvalue weighted by atomic mass is 10.2. The maximum Gasteiger partial charge on any atom is 0.196 e. The monoisotopic (exact) mass is 477 g/mol. The van der Waals surface area contributed by atoms with Gasteiger partial charge in [0.15, 0.2) is 11.0 Å². The summed E-state index contributed by atoms with van der Waals surface area (Å²) in [6.45, 7) is 2.25. The van der Waals surface area contributed by atoms with Gasteiger partial charge in [0.2, 0.25) is 0 Å². The van der Waals surface area contributed by atoms with E-state index in [4.69, 9.17) is 21.1 Å². The maximum atomic E-state index is 6.42. The van der Waals surface area contributed by atoms with E-state index in [2.05, 4.69) is 34.5 Å². The van der Waals surface area contributed by atoms with E-state index in [1.54, 1.807) is 18.9 Å². The maximum absolute atomic E-state index is 6.42. The Labute approximate surface area is 203 Å². The fraction of sp³-hybridized carbons (Fsp3) is 0.154. The van der Waals surface area contributed by atoms with Crippen LogP contribution in [0.5, 0.6) is 11.5 Å². The summed E-state index contributed by atoms with van der Waals surface area (Å²) >= 11 is 8.02. The highest BCUT2D eigenvalue weighted by molar-refractivity contribution is 7.99. The molecule has 3 aromatic carbocycles. The third-order valence-corrected chi connectivity index (χ3v) is 6.25. The molecule has 33 heavy (non-hydrogen) atoms. The summed E-state index contributed by atoms with van der Waals surface area (Å²) in [4.78, 5) is 0. The van der Waals surface area contributed by atoms with Gasteiger partial charge < -0.3 is 9.47 Å². The minimum Gasteiger partial charge on any atom is -0.497 e. The molecule has 0 aliphatic rings. The van der Waals surface area contributed by atoms with E-state index in [0.29, 0.717) is 10.8 Å². The molecule has 0 aliphatic heterocycles. The third kappa shape index (κ3) is 5.97. The van der Waals surface area contributed by atoms with Gasteiger partial charge in [0.05, 0.1) is 12.8 Å². The van der Waals surface area contributed by atoms with Crippen molar-refractivity contribution >= 4 is 29.4 Å². The molecule has 0 saturated carbocycles. The fourth-order valence-corrected chi connectivity index (χ4v) is 4.11. The van der Waals surface area contributed by atoms with E-state index in [0.717, 1.165) is 33.7 Å². The molecular formula is C26H24ClN3O2S. The molecule has 4 rings (SSSR count). The second-order valence-electron chi connectivity index (χ2n) is 7.26. The number of nitrogens with zero attached hydrogens (tertiary/aromatic N) is 3. The van der Waals surface area contributed by atoms with E-state index in [1.807, 2.05) is 72.2 Å². The van der Waals surface area contributed by atoms with Crippen LogP contribution in [-0.2, 0) is 6.61 Å². The van der Waals surface area contributed by atoms with Crippen LogP contribution in [0.1, 0.15) is 17.0 Å². The molecule has 0 radical (unpaired) electrons. The number of ether oxygens (including phenoxy) is 2. The zero-order valence-corrected chi connectivity index (χ0v) is 20.0. The first-order chi connectivity index (χ1) is 16.1. The summed E-state index contributed by atoms with van der Waals surface area (Å²) in [7, 11) is 1.64. The van der Waals surface area contributed by atoms with Crippen LogP contribution in [0.4, 0.5) is 0 Å². The summed E-state index contributed by atoms with van der Waals surface area (Å²) < 4.78 is 13.2. The normalized spacial score (nSPS) is 11.1. The molecule has 1 aromatic heterocycles. The molecule has 0 bridgehead atoms. The van der Waals surface area contributed by atoms with E-state index in [9.17, 15) is 0 Å². The largest absolute Gasteiger partial charge is 0.497 e. The number of halogens is 1. The highest BCUT2D eigenvalue weighted by Crippen LogP contribution is 2.27. The van der Waals surface area contributed by atoms with E-state index >= 15 is 0 Å². The van der Waals surface area contributed by atoms with Crippen LogP contribution in [0.2, 0.25) is 5.02 Å². The van der Waals surface area contributed by atoms with E-state index < -0.39 is 0 Å². The first-order valence-corrected chi connectivity index (χ1v) is 11.8. The van der Waals surface area contributed by atoms with Gasteiger partial charge in [-0.2, -0.15) is 0 Å². The van der Waals surface area contributed by atoms with Crippen molar-refractivity contribution in [2.75, 3.05) is 12.9 Å². The Hall–Kier alpha value is -3.22. The first kappa shape index (κ1) is 23.0. The average molecular weight is 478 g/mol. The van der Waals surface area contributed by atoms with Crippen molar-refractivity contribution in [3.05, 3.63) is 101 Å². The number of aryl methyl sites for hydroxylation is 1. The highest BCUT2D eigenvalue weighted by atomic mass is 35.5. The van der Waals surface area contributed by atoms with E-state index in [1.165, 1.54) is 5.56 Å². The van der Waals surface area contributed by atoms with Crippen LogP contribution >= 0.6 is 23.4 Å². The van der Waals surface area contributed by atoms with Crippen molar-refractivity contribution in [2.45, 2.75) is 18.7 Å². The Kier molecular flexibility index (Phi) is 7.70. The lowest BCUT2D eigenvalue weighted by Crippen LogP contribution is -2.07. The van der Waals surface area contributed by atoms with Crippen LogP contribution in [0.15, 0.2) is 84.0 Å². The van der Waals surface area contributed by atoms with Gasteiger partial charge in [-0.1, -0.05) is 71.9 Å². The Balaban J connectivity index is 1.54. The lowest BCUT2D eigenvalue weighted by Gasteiger charge is -2.12. The number of benzene rings is 3. The lowest BCUT2D eigenvalue weighted by molar-refractivity contribution is 0.292. The fourth-order valence-electron chi connectivity index (χ4n) is 3.16. The Morgan fingerprint density at radius 2 is 1.73 bits per heavy atom. The smallest absolute Gasteiger partial charge is 0.196 e. The highest BCUT2D eigenvalue weighted by Gasteiger charge is 2.16. The van der Waals surface area contributed by atoms with Crippen LogP contribution in [0.3, 0.4) is 0 Å². The topological polar surface area (TPSA) is 49.2 Å². The van der Waals surface area contributed by atoms with Gasteiger partial charge in [0.25, 0.3) is 0 Å².